The van der Waals surface area contributed by atoms with Gasteiger partial charge in [-0.25, -0.2) is 4.79 Å². The highest BCUT2D eigenvalue weighted by molar-refractivity contribution is 5.96. The van der Waals surface area contributed by atoms with E-state index in [2.05, 4.69) is 5.32 Å². The maximum atomic E-state index is 12.4. The third-order valence-electron chi connectivity index (χ3n) is 3.97. The number of anilines is 1. The average molecular weight is 402 g/mol. The van der Waals surface area contributed by atoms with Crippen molar-refractivity contribution in [3.63, 3.8) is 0 Å². The number of carbonyl (C=O) groups excluding carboxylic acids is 2. The van der Waals surface area contributed by atoms with Gasteiger partial charge in [-0.05, 0) is 31.5 Å². The lowest BCUT2D eigenvalue weighted by atomic mass is 10.2. The minimum atomic E-state index is -1.11. The number of nitro benzene ring substituents is 1. The Hall–Kier alpha value is -3.62. The number of amides is 1. The minimum absolute atomic E-state index is 0.116. The highest BCUT2D eigenvalue weighted by atomic mass is 16.6. The quantitative estimate of drug-likeness (QED) is 0.388. The van der Waals surface area contributed by atoms with Crippen molar-refractivity contribution in [3.8, 4) is 11.5 Å². The van der Waals surface area contributed by atoms with Gasteiger partial charge in [-0.15, -0.1) is 0 Å². The number of non-ortho nitro benzene ring substituents is 1. The molecule has 0 heterocycles. The molecule has 0 aliphatic heterocycles. The van der Waals surface area contributed by atoms with E-state index < -0.39 is 29.0 Å². The number of carbonyl (C=O) groups is 2. The molecule has 2 aromatic carbocycles. The number of hydrogen-bond donors (Lipinski definition) is 1. The minimum Gasteiger partial charge on any atom is -0.494 e. The number of nitrogens with zero attached hydrogens (tertiary/aromatic N) is 1. The first kappa shape index (κ1) is 21.7. The first-order valence-corrected chi connectivity index (χ1v) is 8.91. The summed E-state index contributed by atoms with van der Waals surface area (Å²) >= 11 is 0. The van der Waals surface area contributed by atoms with E-state index in [1.807, 2.05) is 6.07 Å². The van der Waals surface area contributed by atoms with Crippen LogP contribution in [0.5, 0.6) is 11.5 Å². The van der Waals surface area contributed by atoms with Crippen molar-refractivity contribution in [1.29, 1.82) is 0 Å². The SMILES string of the molecule is CC[C@H](Oc1ccccc1)C(=O)O[C@@H](C)C(=O)Nc1ccc([N+](=O)[O-])cc1OC. The summed E-state index contributed by atoms with van der Waals surface area (Å²) in [5.74, 6) is -0.649. The number of methoxy groups -OCH3 is 1. The summed E-state index contributed by atoms with van der Waals surface area (Å²) in [5.41, 5.74) is 0.0433. The van der Waals surface area contributed by atoms with Crippen LogP contribution in [0.1, 0.15) is 20.3 Å². The van der Waals surface area contributed by atoms with E-state index in [0.29, 0.717) is 12.2 Å². The highest BCUT2D eigenvalue weighted by Crippen LogP contribution is 2.29. The van der Waals surface area contributed by atoms with E-state index in [9.17, 15) is 19.7 Å². The molecular formula is C20H22N2O7. The Morgan fingerprint density at radius 3 is 2.45 bits per heavy atom. The van der Waals surface area contributed by atoms with Crippen LogP contribution in [0.25, 0.3) is 0 Å². The molecule has 2 rings (SSSR count). The Labute approximate surface area is 167 Å². The molecule has 0 saturated heterocycles. The molecule has 0 aromatic heterocycles. The van der Waals surface area contributed by atoms with Gasteiger partial charge in [-0.3, -0.25) is 14.9 Å². The van der Waals surface area contributed by atoms with Gasteiger partial charge in [0.05, 0.1) is 23.8 Å². The third-order valence-corrected chi connectivity index (χ3v) is 3.97. The molecule has 29 heavy (non-hydrogen) atoms. The van der Waals surface area contributed by atoms with Gasteiger partial charge in [0, 0.05) is 6.07 Å². The van der Waals surface area contributed by atoms with Crippen LogP contribution in [0.2, 0.25) is 0 Å². The first-order valence-electron chi connectivity index (χ1n) is 8.91. The molecule has 154 valence electrons. The van der Waals surface area contributed by atoms with Crippen LogP contribution in [0.4, 0.5) is 11.4 Å². The normalized spacial score (nSPS) is 12.4. The summed E-state index contributed by atoms with van der Waals surface area (Å²) in [7, 11) is 1.32. The maximum absolute atomic E-state index is 12.4. The first-order chi connectivity index (χ1) is 13.8. The number of nitrogens with one attached hydrogen (secondary N) is 1. The molecule has 9 heteroatoms. The summed E-state index contributed by atoms with van der Waals surface area (Å²) in [6.45, 7) is 3.18. The Morgan fingerprint density at radius 1 is 1.17 bits per heavy atom. The zero-order valence-corrected chi connectivity index (χ0v) is 16.3. The summed E-state index contributed by atoms with van der Waals surface area (Å²) in [5, 5.41) is 13.4. The molecule has 1 N–H and O–H groups in total. The van der Waals surface area contributed by atoms with Crippen LogP contribution in [-0.2, 0) is 14.3 Å². The van der Waals surface area contributed by atoms with E-state index >= 15 is 0 Å². The molecule has 2 atom stereocenters. The van der Waals surface area contributed by atoms with Crippen molar-refractivity contribution >= 4 is 23.3 Å². The van der Waals surface area contributed by atoms with Crippen LogP contribution in [0, 0.1) is 10.1 Å². The topological polar surface area (TPSA) is 117 Å². The number of ether oxygens (including phenoxy) is 3. The molecule has 0 radical (unpaired) electrons. The molecule has 9 nitrogen and oxygen atoms in total. The van der Waals surface area contributed by atoms with Crippen molar-refractivity contribution in [2.24, 2.45) is 0 Å². The molecule has 1 amide bonds. The zero-order chi connectivity index (χ0) is 21.4. The number of para-hydroxylation sites is 1. The predicted molar refractivity (Wildman–Crippen MR) is 105 cm³/mol. The van der Waals surface area contributed by atoms with Crippen molar-refractivity contribution in [3.05, 3.63) is 58.6 Å². The third kappa shape index (κ3) is 5.93. The van der Waals surface area contributed by atoms with Crippen LogP contribution in [0.15, 0.2) is 48.5 Å². The fourth-order valence-electron chi connectivity index (χ4n) is 2.40. The van der Waals surface area contributed by atoms with Gasteiger partial charge in [-0.2, -0.15) is 0 Å². The summed E-state index contributed by atoms with van der Waals surface area (Å²) in [6, 6.07) is 12.6. The number of esters is 1. The Bertz CT molecular complexity index is 870. The predicted octanol–water partition coefficient (Wildman–Crippen LogP) is 3.33. The van der Waals surface area contributed by atoms with Gasteiger partial charge in [0.1, 0.15) is 11.5 Å². The second kappa shape index (κ2) is 10.1. The van der Waals surface area contributed by atoms with Crippen molar-refractivity contribution in [2.45, 2.75) is 32.5 Å². The fourth-order valence-corrected chi connectivity index (χ4v) is 2.40. The highest BCUT2D eigenvalue weighted by Gasteiger charge is 2.26. The average Bonchev–Trinajstić information content (AvgIpc) is 2.72. The number of benzene rings is 2. The lowest BCUT2D eigenvalue weighted by Crippen LogP contribution is -2.36. The van der Waals surface area contributed by atoms with Crippen LogP contribution < -0.4 is 14.8 Å². The maximum Gasteiger partial charge on any atom is 0.348 e. The Kier molecular flexibility index (Phi) is 7.53. The van der Waals surface area contributed by atoms with Gasteiger partial charge in [0.25, 0.3) is 11.6 Å². The molecular weight excluding hydrogens is 380 g/mol. The standard InChI is InChI=1S/C20H22N2O7/c1-4-17(29-15-8-6-5-7-9-15)20(24)28-13(2)19(23)21-16-11-10-14(22(25)26)12-18(16)27-3/h5-13,17H,4H2,1-3H3,(H,21,23)/t13-,17-/m0/s1. The lowest BCUT2D eigenvalue weighted by molar-refractivity contribution is -0.384. The van der Waals surface area contributed by atoms with E-state index in [1.54, 1.807) is 31.2 Å². The van der Waals surface area contributed by atoms with Gasteiger partial charge >= 0.3 is 5.97 Å². The lowest BCUT2D eigenvalue weighted by Gasteiger charge is -2.20. The number of nitro groups is 1. The monoisotopic (exact) mass is 402 g/mol. The molecule has 0 bridgehead atoms. The van der Waals surface area contributed by atoms with E-state index in [1.165, 1.54) is 32.2 Å². The zero-order valence-electron chi connectivity index (χ0n) is 16.3. The summed E-state index contributed by atoms with van der Waals surface area (Å²) in [6.07, 6.45) is -1.62. The molecule has 0 aliphatic carbocycles. The second-order valence-corrected chi connectivity index (χ2v) is 6.04. The molecule has 0 saturated carbocycles. The number of rotatable bonds is 9. The largest absolute Gasteiger partial charge is 0.494 e. The molecule has 0 unspecified atom stereocenters. The number of hydrogen-bond acceptors (Lipinski definition) is 7. The van der Waals surface area contributed by atoms with Crippen molar-refractivity contribution in [1.82, 2.24) is 0 Å². The Balaban J connectivity index is 2.00. The van der Waals surface area contributed by atoms with Crippen LogP contribution in [-0.4, -0.2) is 36.1 Å². The van der Waals surface area contributed by atoms with Gasteiger partial charge < -0.3 is 19.5 Å². The van der Waals surface area contributed by atoms with Crippen LogP contribution in [0.3, 0.4) is 0 Å². The van der Waals surface area contributed by atoms with Gasteiger partial charge in [-0.1, -0.05) is 25.1 Å². The fraction of sp³-hybridized carbons (Fsp3) is 0.300. The molecule has 2 aromatic rings. The van der Waals surface area contributed by atoms with Gasteiger partial charge in [0.15, 0.2) is 12.2 Å². The van der Waals surface area contributed by atoms with E-state index in [-0.39, 0.29) is 17.1 Å². The van der Waals surface area contributed by atoms with Gasteiger partial charge in [0.2, 0.25) is 0 Å². The molecule has 0 aliphatic rings. The van der Waals surface area contributed by atoms with Crippen molar-refractivity contribution in [2.75, 3.05) is 12.4 Å². The van der Waals surface area contributed by atoms with Crippen molar-refractivity contribution < 1.29 is 28.7 Å². The smallest absolute Gasteiger partial charge is 0.348 e. The summed E-state index contributed by atoms with van der Waals surface area (Å²) < 4.78 is 15.9. The van der Waals surface area contributed by atoms with E-state index in [4.69, 9.17) is 14.2 Å². The van der Waals surface area contributed by atoms with Crippen LogP contribution >= 0.6 is 0 Å². The second-order valence-electron chi connectivity index (χ2n) is 6.04. The van der Waals surface area contributed by atoms with E-state index in [0.717, 1.165) is 0 Å². The Morgan fingerprint density at radius 2 is 1.86 bits per heavy atom. The molecule has 0 fully saturated rings. The summed E-state index contributed by atoms with van der Waals surface area (Å²) in [4.78, 5) is 35.0. The molecule has 0 spiro atoms.